The molecule has 0 aromatic rings. The van der Waals surface area contributed by atoms with Crippen molar-refractivity contribution >= 4 is 0 Å². The van der Waals surface area contributed by atoms with Crippen molar-refractivity contribution < 1.29 is 31.1 Å². The van der Waals surface area contributed by atoms with Gasteiger partial charge in [-0.05, 0) is 0 Å². The number of ether oxygens (including phenoxy) is 1. The molecule has 0 aromatic carbocycles. The first-order chi connectivity index (χ1) is 5.33. The summed E-state index contributed by atoms with van der Waals surface area (Å²) in [4.78, 5) is 0. The van der Waals surface area contributed by atoms with Gasteiger partial charge in [-0.3, -0.25) is 0 Å². The van der Waals surface area contributed by atoms with Gasteiger partial charge < -0.3 is 4.74 Å². The van der Waals surface area contributed by atoms with Crippen molar-refractivity contribution in [1.82, 2.24) is 0 Å². The van der Waals surface area contributed by atoms with Crippen LogP contribution in [0.15, 0.2) is 0 Å². The molecule has 0 rings (SSSR count). The molecule has 0 aromatic heterocycles. The molecule has 74 valence electrons. The summed E-state index contributed by atoms with van der Waals surface area (Å²) in [6.07, 6.45) is -10.6. The molecule has 1 nitrogen and oxygen atoms in total. The molecule has 0 saturated carbocycles. The maximum absolute atomic E-state index is 11.9. The van der Waals surface area contributed by atoms with E-state index in [0.29, 0.717) is 0 Å². The Balaban J connectivity index is 3.44. The van der Waals surface area contributed by atoms with Crippen molar-refractivity contribution in [3.8, 4) is 0 Å². The summed E-state index contributed by atoms with van der Waals surface area (Å²) in [5.74, 6) is 0. The van der Waals surface area contributed by atoms with Crippen molar-refractivity contribution in [1.29, 1.82) is 0 Å². The molecule has 0 aliphatic heterocycles. The van der Waals surface area contributed by atoms with Crippen LogP contribution in [0.2, 0.25) is 0 Å². The molecule has 0 N–H and O–H groups in total. The van der Waals surface area contributed by atoms with E-state index in [-0.39, 0.29) is 0 Å². The van der Waals surface area contributed by atoms with Crippen LogP contribution in [0.4, 0.5) is 26.3 Å². The summed E-state index contributed by atoms with van der Waals surface area (Å²) in [5, 5.41) is 0. The van der Waals surface area contributed by atoms with Gasteiger partial charge in [-0.2, -0.15) is 13.2 Å². The van der Waals surface area contributed by atoms with E-state index in [4.69, 9.17) is 0 Å². The predicted molar refractivity (Wildman–Crippen MR) is 27.8 cm³/mol. The quantitative estimate of drug-likeness (QED) is 0.626. The molecule has 0 amide bonds. The third-order valence-electron chi connectivity index (χ3n) is 0.816. The van der Waals surface area contributed by atoms with Gasteiger partial charge in [0.25, 0.3) is 6.43 Å². The average Bonchev–Trinajstić information content (AvgIpc) is 1.84. The summed E-state index contributed by atoms with van der Waals surface area (Å²) in [7, 11) is 0. The van der Waals surface area contributed by atoms with Crippen LogP contribution >= 0.6 is 0 Å². The smallest absolute Gasteiger partial charge is 0.369 e. The van der Waals surface area contributed by atoms with E-state index >= 15 is 0 Å². The van der Waals surface area contributed by atoms with Gasteiger partial charge in [0, 0.05) is 0 Å². The summed E-state index contributed by atoms with van der Waals surface area (Å²) in [6.45, 7) is -2.95. The number of hydrogen-bond donors (Lipinski definition) is 0. The fourth-order valence-corrected chi connectivity index (χ4v) is 0.360. The molecule has 0 spiro atoms. The van der Waals surface area contributed by atoms with Gasteiger partial charge in [-0.25, -0.2) is 13.2 Å². The van der Waals surface area contributed by atoms with Crippen LogP contribution in [0, 0.1) is 0 Å². The third-order valence-corrected chi connectivity index (χ3v) is 0.816. The summed E-state index contributed by atoms with van der Waals surface area (Å²) in [6, 6.07) is 0. The van der Waals surface area contributed by atoms with Crippen LogP contribution in [0.5, 0.6) is 0 Å². The first-order valence-corrected chi connectivity index (χ1v) is 2.89. The maximum Gasteiger partial charge on any atom is 0.411 e. The molecule has 12 heavy (non-hydrogen) atoms. The number of alkyl halides is 6. The highest BCUT2D eigenvalue weighted by Crippen LogP contribution is 2.15. The fraction of sp³-hybridized carbons (Fsp3) is 1.00. The van der Waals surface area contributed by atoms with E-state index in [1.165, 1.54) is 0 Å². The molecule has 0 saturated heterocycles. The lowest BCUT2D eigenvalue weighted by molar-refractivity contribution is -0.180. The minimum absolute atomic E-state index is 1.24. The Morgan fingerprint density at radius 1 is 1.08 bits per heavy atom. The number of rotatable bonds is 4. The molecule has 0 aliphatic rings. The van der Waals surface area contributed by atoms with E-state index in [1.54, 1.807) is 0 Å². The first kappa shape index (κ1) is 11.5. The fourth-order valence-electron chi connectivity index (χ4n) is 0.360. The van der Waals surface area contributed by atoms with Crippen molar-refractivity contribution in [3.05, 3.63) is 0 Å². The van der Waals surface area contributed by atoms with E-state index in [9.17, 15) is 26.3 Å². The zero-order valence-corrected chi connectivity index (χ0v) is 5.74. The van der Waals surface area contributed by atoms with E-state index in [2.05, 4.69) is 4.74 Å². The Morgan fingerprint density at radius 2 is 1.58 bits per heavy atom. The Kier molecular flexibility index (Phi) is 4.36. The SMILES string of the molecule is FC(F)C(F)COCC(F)(F)F. The summed E-state index contributed by atoms with van der Waals surface area (Å²) < 4.78 is 71.9. The number of hydrogen-bond acceptors (Lipinski definition) is 1. The highest BCUT2D eigenvalue weighted by Gasteiger charge is 2.29. The van der Waals surface area contributed by atoms with Gasteiger partial charge in [0.1, 0.15) is 6.61 Å². The van der Waals surface area contributed by atoms with E-state index in [0.717, 1.165) is 0 Å². The summed E-state index contributed by atoms with van der Waals surface area (Å²) in [5.41, 5.74) is 0. The zero-order valence-electron chi connectivity index (χ0n) is 5.74. The molecule has 0 heterocycles. The minimum Gasteiger partial charge on any atom is -0.369 e. The van der Waals surface area contributed by atoms with Gasteiger partial charge >= 0.3 is 6.18 Å². The highest BCUT2D eigenvalue weighted by atomic mass is 19.4. The van der Waals surface area contributed by atoms with Gasteiger partial charge in [-0.1, -0.05) is 0 Å². The monoisotopic (exact) mass is 196 g/mol. The van der Waals surface area contributed by atoms with Gasteiger partial charge in [-0.15, -0.1) is 0 Å². The van der Waals surface area contributed by atoms with Crippen molar-refractivity contribution in [2.24, 2.45) is 0 Å². The average molecular weight is 196 g/mol. The molecule has 0 radical (unpaired) electrons. The maximum atomic E-state index is 11.9. The van der Waals surface area contributed by atoms with Crippen LogP contribution in [0.1, 0.15) is 0 Å². The van der Waals surface area contributed by atoms with Crippen molar-refractivity contribution in [2.45, 2.75) is 18.8 Å². The Morgan fingerprint density at radius 3 is 1.92 bits per heavy atom. The lowest BCUT2D eigenvalue weighted by Crippen LogP contribution is -2.24. The van der Waals surface area contributed by atoms with Crippen molar-refractivity contribution in [3.63, 3.8) is 0 Å². The van der Waals surface area contributed by atoms with Crippen LogP contribution < -0.4 is 0 Å². The van der Waals surface area contributed by atoms with Crippen LogP contribution in [-0.4, -0.2) is 32.0 Å². The van der Waals surface area contributed by atoms with Gasteiger partial charge in [0.05, 0.1) is 6.61 Å². The lowest BCUT2D eigenvalue weighted by atomic mass is 10.4. The molecule has 7 heteroatoms. The van der Waals surface area contributed by atoms with Gasteiger partial charge in [0.2, 0.25) is 0 Å². The zero-order chi connectivity index (χ0) is 9.78. The molecule has 1 unspecified atom stereocenters. The predicted octanol–water partition coefficient (Wildman–Crippen LogP) is 2.17. The third kappa shape index (κ3) is 6.26. The highest BCUT2D eigenvalue weighted by molar-refractivity contribution is 4.57. The number of halogens is 6. The topological polar surface area (TPSA) is 9.23 Å². The lowest BCUT2D eigenvalue weighted by Gasteiger charge is -2.09. The Labute approximate surface area is 64.3 Å². The van der Waals surface area contributed by atoms with E-state index in [1.807, 2.05) is 0 Å². The Hall–Kier alpha value is -0.460. The molecule has 0 aliphatic carbocycles. The molecule has 0 bridgehead atoms. The molecular weight excluding hydrogens is 190 g/mol. The normalized spacial score (nSPS) is 15.2. The van der Waals surface area contributed by atoms with Crippen LogP contribution in [-0.2, 0) is 4.74 Å². The first-order valence-electron chi connectivity index (χ1n) is 2.89. The molecular formula is C5H6F6O. The standard InChI is InChI=1S/C5H6F6O/c6-3(4(7)8)1-12-2-5(9,10)11/h3-4H,1-2H2. The van der Waals surface area contributed by atoms with Crippen LogP contribution in [0.3, 0.4) is 0 Å². The van der Waals surface area contributed by atoms with E-state index < -0.39 is 32.0 Å². The second kappa shape index (κ2) is 4.54. The van der Waals surface area contributed by atoms with Crippen molar-refractivity contribution in [2.75, 3.05) is 13.2 Å². The molecule has 0 fully saturated rings. The minimum atomic E-state index is -4.61. The second-order valence-electron chi connectivity index (χ2n) is 1.98. The second-order valence-corrected chi connectivity index (χ2v) is 1.98. The molecule has 1 atom stereocenters. The Bertz CT molecular complexity index is 122. The summed E-state index contributed by atoms with van der Waals surface area (Å²) >= 11 is 0. The van der Waals surface area contributed by atoms with Gasteiger partial charge in [0.15, 0.2) is 6.17 Å². The van der Waals surface area contributed by atoms with Crippen LogP contribution in [0.25, 0.3) is 0 Å². The largest absolute Gasteiger partial charge is 0.411 e.